The highest BCUT2D eigenvalue weighted by atomic mass is 32.2. The van der Waals surface area contributed by atoms with Crippen LogP contribution in [0, 0.1) is 0 Å². The van der Waals surface area contributed by atoms with E-state index >= 15 is 0 Å². The predicted octanol–water partition coefficient (Wildman–Crippen LogP) is 1.60. The fourth-order valence-corrected chi connectivity index (χ4v) is 1.81. The predicted molar refractivity (Wildman–Crippen MR) is 67.0 cm³/mol. The number of allylic oxidation sites excluding steroid dienone is 3. The van der Waals surface area contributed by atoms with Crippen molar-refractivity contribution in [2.24, 2.45) is 0 Å². The molecular weight excluding hydrogens is 222 g/mol. The van der Waals surface area contributed by atoms with E-state index in [2.05, 4.69) is 18.5 Å². The molecule has 16 heavy (non-hydrogen) atoms. The minimum absolute atomic E-state index is 0.141. The quantitative estimate of drug-likeness (QED) is 0.561. The Morgan fingerprint density at radius 2 is 1.94 bits per heavy atom. The van der Waals surface area contributed by atoms with E-state index in [0.29, 0.717) is 22.9 Å². The highest BCUT2D eigenvalue weighted by Crippen LogP contribution is 2.21. The molecule has 0 amide bonds. The largest absolute Gasteiger partial charge is 0.378 e. The van der Waals surface area contributed by atoms with Gasteiger partial charge in [-0.15, -0.1) is 24.9 Å². The first kappa shape index (κ1) is 12.5. The van der Waals surface area contributed by atoms with Crippen LogP contribution in [0.4, 0.5) is 0 Å². The van der Waals surface area contributed by atoms with Gasteiger partial charge in [0.2, 0.25) is 5.78 Å². The second-order valence-electron chi connectivity index (χ2n) is 3.06. The summed E-state index contributed by atoms with van der Waals surface area (Å²) < 4.78 is 0. The van der Waals surface area contributed by atoms with Crippen molar-refractivity contribution in [1.29, 1.82) is 0 Å². The molecule has 1 aliphatic carbocycles. The molecule has 1 rings (SSSR count). The van der Waals surface area contributed by atoms with Gasteiger partial charge in [0.1, 0.15) is 0 Å². The van der Waals surface area contributed by atoms with Gasteiger partial charge in [0, 0.05) is 24.4 Å². The van der Waals surface area contributed by atoms with Gasteiger partial charge in [0.15, 0.2) is 5.78 Å². The lowest BCUT2D eigenvalue weighted by molar-refractivity contribution is -0.115. The van der Waals surface area contributed by atoms with Crippen LogP contribution in [0.2, 0.25) is 0 Å². The zero-order chi connectivity index (χ0) is 12.0. The van der Waals surface area contributed by atoms with E-state index < -0.39 is 0 Å². The van der Waals surface area contributed by atoms with Crippen LogP contribution in [0.15, 0.2) is 48.1 Å². The first-order chi connectivity index (χ1) is 7.69. The molecule has 0 atom stereocenters. The Labute approximate surface area is 99.0 Å². The summed E-state index contributed by atoms with van der Waals surface area (Å²) in [6, 6.07) is 0. The molecule has 1 aliphatic rings. The van der Waals surface area contributed by atoms with Gasteiger partial charge in [-0.1, -0.05) is 12.2 Å². The molecule has 0 bridgehead atoms. The maximum Gasteiger partial charge on any atom is 0.203 e. The first-order valence-corrected chi connectivity index (χ1v) is 5.78. The van der Waals surface area contributed by atoms with Crippen LogP contribution in [0.3, 0.4) is 0 Å². The third kappa shape index (κ3) is 3.24. The lowest BCUT2D eigenvalue weighted by Crippen LogP contribution is -2.24. The standard InChI is InChI=1S/C12H13NO2S/c1-3-5-13-9-7-11(15)12(8-10(9)14)16-6-4-2/h3-4,7-8,13H,1-2,5-6H2. The third-order valence-corrected chi connectivity index (χ3v) is 2.87. The lowest BCUT2D eigenvalue weighted by Gasteiger charge is -2.11. The third-order valence-electron chi connectivity index (χ3n) is 1.84. The summed E-state index contributed by atoms with van der Waals surface area (Å²) in [6.07, 6.45) is 6.02. The highest BCUT2D eigenvalue weighted by molar-refractivity contribution is 8.04. The number of carbonyl (C=O) groups excluding carboxylic acids is 2. The van der Waals surface area contributed by atoms with E-state index in [1.807, 2.05) is 0 Å². The van der Waals surface area contributed by atoms with Crippen LogP contribution in [-0.4, -0.2) is 23.9 Å². The van der Waals surface area contributed by atoms with Crippen molar-refractivity contribution in [2.45, 2.75) is 0 Å². The van der Waals surface area contributed by atoms with Gasteiger partial charge >= 0.3 is 0 Å². The van der Waals surface area contributed by atoms with Gasteiger partial charge in [0.05, 0.1) is 10.6 Å². The molecule has 4 heteroatoms. The normalized spacial score (nSPS) is 15.2. The molecule has 0 saturated carbocycles. The number of thioether (sulfide) groups is 1. The maximum absolute atomic E-state index is 11.6. The van der Waals surface area contributed by atoms with Crippen molar-refractivity contribution in [3.8, 4) is 0 Å². The monoisotopic (exact) mass is 235 g/mol. The fraction of sp³-hybridized carbons (Fsp3) is 0.167. The van der Waals surface area contributed by atoms with Crippen molar-refractivity contribution in [3.05, 3.63) is 48.1 Å². The van der Waals surface area contributed by atoms with Crippen molar-refractivity contribution in [1.82, 2.24) is 5.32 Å². The van der Waals surface area contributed by atoms with Crippen molar-refractivity contribution in [3.63, 3.8) is 0 Å². The van der Waals surface area contributed by atoms with Crippen LogP contribution in [-0.2, 0) is 9.59 Å². The smallest absolute Gasteiger partial charge is 0.203 e. The van der Waals surface area contributed by atoms with Gasteiger partial charge in [-0.05, 0) is 0 Å². The van der Waals surface area contributed by atoms with Crippen molar-refractivity contribution < 1.29 is 9.59 Å². The van der Waals surface area contributed by atoms with Gasteiger partial charge in [0.25, 0.3) is 0 Å². The number of rotatable bonds is 6. The molecule has 84 valence electrons. The second kappa shape index (κ2) is 6.12. The molecule has 0 fully saturated rings. The Morgan fingerprint density at radius 3 is 2.56 bits per heavy atom. The minimum atomic E-state index is -0.173. The number of nitrogens with one attached hydrogen (secondary N) is 1. The molecule has 0 aliphatic heterocycles. The molecule has 0 saturated heterocycles. The van der Waals surface area contributed by atoms with Crippen LogP contribution in [0.5, 0.6) is 0 Å². The first-order valence-electron chi connectivity index (χ1n) is 4.79. The van der Waals surface area contributed by atoms with E-state index in [9.17, 15) is 9.59 Å². The topological polar surface area (TPSA) is 46.2 Å². The molecule has 0 radical (unpaired) electrons. The van der Waals surface area contributed by atoms with Gasteiger partial charge in [-0.3, -0.25) is 9.59 Å². The summed E-state index contributed by atoms with van der Waals surface area (Å²) in [5.41, 5.74) is 0.327. The van der Waals surface area contributed by atoms with Crippen LogP contribution in [0.25, 0.3) is 0 Å². The number of carbonyl (C=O) groups is 2. The molecule has 0 aromatic heterocycles. The summed E-state index contributed by atoms with van der Waals surface area (Å²) in [7, 11) is 0. The van der Waals surface area contributed by atoms with Gasteiger partial charge in [-0.25, -0.2) is 0 Å². The average Bonchev–Trinajstić information content (AvgIpc) is 2.28. The molecule has 0 heterocycles. The summed E-state index contributed by atoms with van der Waals surface area (Å²) in [5.74, 6) is 0.305. The molecule has 1 N–H and O–H groups in total. The van der Waals surface area contributed by atoms with Crippen LogP contribution < -0.4 is 5.32 Å². The zero-order valence-corrected chi connectivity index (χ0v) is 9.68. The highest BCUT2D eigenvalue weighted by Gasteiger charge is 2.19. The van der Waals surface area contributed by atoms with E-state index in [-0.39, 0.29) is 11.6 Å². The zero-order valence-electron chi connectivity index (χ0n) is 8.86. The van der Waals surface area contributed by atoms with E-state index in [1.165, 1.54) is 23.9 Å². The second-order valence-corrected chi connectivity index (χ2v) is 4.13. The summed E-state index contributed by atoms with van der Waals surface area (Å²) >= 11 is 1.32. The number of hydrogen-bond acceptors (Lipinski definition) is 4. The summed E-state index contributed by atoms with van der Waals surface area (Å²) in [4.78, 5) is 23.7. The van der Waals surface area contributed by atoms with Crippen LogP contribution in [0.1, 0.15) is 0 Å². The number of hydrogen-bond donors (Lipinski definition) is 1. The molecular formula is C12H13NO2S. The van der Waals surface area contributed by atoms with Gasteiger partial charge in [-0.2, -0.15) is 0 Å². The van der Waals surface area contributed by atoms with Crippen molar-refractivity contribution in [2.75, 3.05) is 12.3 Å². The molecule has 0 unspecified atom stereocenters. The Balaban J connectivity index is 2.71. The molecule has 0 spiro atoms. The van der Waals surface area contributed by atoms with Gasteiger partial charge < -0.3 is 5.32 Å². The Bertz CT molecular complexity index is 356. The maximum atomic E-state index is 11.6. The van der Waals surface area contributed by atoms with Crippen molar-refractivity contribution >= 4 is 23.3 Å². The molecule has 0 aromatic rings. The molecule has 0 aromatic carbocycles. The lowest BCUT2D eigenvalue weighted by atomic mass is 10.1. The Kier molecular flexibility index (Phi) is 4.79. The number of ketones is 2. The minimum Gasteiger partial charge on any atom is -0.378 e. The average molecular weight is 235 g/mol. The SMILES string of the molecule is C=CCNC1=CC(=O)C(SCC=C)=CC1=O. The van der Waals surface area contributed by atoms with E-state index in [4.69, 9.17) is 0 Å². The molecule has 3 nitrogen and oxygen atoms in total. The Morgan fingerprint density at radius 1 is 1.19 bits per heavy atom. The van der Waals surface area contributed by atoms with E-state index in [1.54, 1.807) is 12.2 Å². The summed E-state index contributed by atoms with van der Waals surface area (Å²) in [6.45, 7) is 7.56. The van der Waals surface area contributed by atoms with E-state index in [0.717, 1.165) is 0 Å². The fourth-order valence-electron chi connectivity index (χ4n) is 1.12. The Hall–Kier alpha value is -1.55. The van der Waals surface area contributed by atoms with Crippen LogP contribution >= 0.6 is 11.8 Å². The summed E-state index contributed by atoms with van der Waals surface area (Å²) in [5, 5.41) is 2.83.